The first-order chi connectivity index (χ1) is 10.6. The first-order valence-corrected chi connectivity index (χ1v) is 7.92. The minimum atomic E-state index is -0.819. The minimum Gasteiger partial charge on any atom is -0.391 e. The molecule has 0 aromatic carbocycles. The maximum atomic E-state index is 12.6. The van der Waals surface area contributed by atoms with Gasteiger partial charge in [-0.2, -0.15) is 0 Å². The highest BCUT2D eigenvalue weighted by molar-refractivity contribution is 5.85. The SMILES string of the molecule is CC(O)[C@@H](C(=O)N1CCNCC1)n1cc(CCCCN)nn1.Cl. The maximum Gasteiger partial charge on any atom is 0.250 e. The molecule has 1 unspecified atom stereocenters. The van der Waals surface area contributed by atoms with Gasteiger partial charge in [-0.25, -0.2) is 4.68 Å². The van der Waals surface area contributed by atoms with Crippen molar-refractivity contribution < 1.29 is 9.90 Å². The number of carbonyl (C=O) groups is 1. The molecular weight excluding hydrogens is 320 g/mol. The summed E-state index contributed by atoms with van der Waals surface area (Å²) in [6.07, 6.45) is 3.60. The van der Waals surface area contributed by atoms with E-state index in [1.807, 2.05) is 0 Å². The van der Waals surface area contributed by atoms with Crippen LogP contribution >= 0.6 is 12.4 Å². The van der Waals surface area contributed by atoms with Crippen LogP contribution in [0.4, 0.5) is 0 Å². The van der Waals surface area contributed by atoms with E-state index >= 15 is 0 Å². The molecule has 1 saturated heterocycles. The Balaban J connectivity index is 0.00000264. The third kappa shape index (κ3) is 5.42. The lowest BCUT2D eigenvalue weighted by molar-refractivity contribution is -0.138. The quantitative estimate of drug-likeness (QED) is 0.565. The van der Waals surface area contributed by atoms with Crippen LogP contribution in [0.2, 0.25) is 0 Å². The van der Waals surface area contributed by atoms with Crippen LogP contribution in [0.25, 0.3) is 0 Å². The van der Waals surface area contributed by atoms with E-state index in [-0.39, 0.29) is 18.3 Å². The minimum absolute atomic E-state index is 0. The Labute approximate surface area is 142 Å². The predicted molar refractivity (Wildman–Crippen MR) is 89.4 cm³/mol. The summed E-state index contributed by atoms with van der Waals surface area (Å²) >= 11 is 0. The van der Waals surface area contributed by atoms with Crippen LogP contribution in [-0.2, 0) is 11.2 Å². The first-order valence-electron chi connectivity index (χ1n) is 7.92. The molecule has 0 radical (unpaired) electrons. The zero-order chi connectivity index (χ0) is 15.9. The summed E-state index contributed by atoms with van der Waals surface area (Å²) in [6.45, 7) is 5.13. The molecular formula is C14H27ClN6O2. The third-order valence-electron chi connectivity index (χ3n) is 3.87. The van der Waals surface area contributed by atoms with Crippen LogP contribution < -0.4 is 11.1 Å². The van der Waals surface area contributed by atoms with Crippen LogP contribution in [0.15, 0.2) is 6.20 Å². The normalized spacial score (nSPS) is 17.4. The van der Waals surface area contributed by atoms with Crippen molar-refractivity contribution in [3.05, 3.63) is 11.9 Å². The number of hydrogen-bond acceptors (Lipinski definition) is 6. The first kappa shape index (κ1) is 19.8. The van der Waals surface area contributed by atoms with E-state index in [0.29, 0.717) is 19.6 Å². The molecule has 132 valence electrons. The van der Waals surface area contributed by atoms with Gasteiger partial charge in [-0.3, -0.25) is 4.79 Å². The molecule has 0 spiro atoms. The zero-order valence-corrected chi connectivity index (χ0v) is 14.3. The number of nitrogens with one attached hydrogen (secondary N) is 1. The Bertz CT molecular complexity index is 476. The number of carbonyl (C=O) groups excluding carboxylic acids is 1. The lowest BCUT2D eigenvalue weighted by Crippen LogP contribution is -2.50. The smallest absolute Gasteiger partial charge is 0.250 e. The van der Waals surface area contributed by atoms with Crippen molar-refractivity contribution in [1.82, 2.24) is 25.2 Å². The monoisotopic (exact) mass is 346 g/mol. The van der Waals surface area contributed by atoms with Crippen LogP contribution in [0.5, 0.6) is 0 Å². The summed E-state index contributed by atoms with van der Waals surface area (Å²) in [6, 6.07) is -0.714. The van der Waals surface area contributed by atoms with Gasteiger partial charge < -0.3 is 21.1 Å². The summed E-state index contributed by atoms with van der Waals surface area (Å²) in [7, 11) is 0. The zero-order valence-electron chi connectivity index (χ0n) is 13.5. The number of aliphatic hydroxyl groups is 1. The Kier molecular flexibility index (Phi) is 8.46. The number of halogens is 1. The molecule has 2 rings (SSSR count). The number of piperazine rings is 1. The molecule has 2 heterocycles. The highest BCUT2D eigenvalue weighted by Gasteiger charge is 2.31. The maximum absolute atomic E-state index is 12.6. The van der Waals surface area contributed by atoms with Gasteiger partial charge in [-0.15, -0.1) is 17.5 Å². The summed E-state index contributed by atoms with van der Waals surface area (Å²) in [5.41, 5.74) is 6.30. The number of aromatic nitrogens is 3. The number of rotatable bonds is 7. The lowest BCUT2D eigenvalue weighted by Gasteiger charge is -2.31. The number of nitrogens with two attached hydrogens (primary N) is 1. The second-order valence-electron chi connectivity index (χ2n) is 5.70. The molecule has 0 bridgehead atoms. The number of aliphatic hydroxyl groups excluding tert-OH is 1. The van der Waals surface area contributed by atoms with Gasteiger partial charge in [-0.05, 0) is 32.7 Å². The van der Waals surface area contributed by atoms with E-state index in [1.54, 1.807) is 18.0 Å². The second-order valence-corrected chi connectivity index (χ2v) is 5.70. The van der Waals surface area contributed by atoms with Gasteiger partial charge in [0.1, 0.15) is 0 Å². The second kappa shape index (κ2) is 9.82. The number of amides is 1. The molecule has 1 aliphatic heterocycles. The van der Waals surface area contributed by atoms with Crippen molar-refractivity contribution in [3.63, 3.8) is 0 Å². The van der Waals surface area contributed by atoms with Crippen molar-refractivity contribution >= 4 is 18.3 Å². The van der Waals surface area contributed by atoms with E-state index in [0.717, 1.165) is 38.0 Å². The van der Waals surface area contributed by atoms with E-state index in [2.05, 4.69) is 15.6 Å². The van der Waals surface area contributed by atoms with E-state index in [9.17, 15) is 9.90 Å². The molecule has 1 aromatic rings. The Hall–Kier alpha value is -1.22. The number of unbranched alkanes of at least 4 members (excludes halogenated alkanes) is 1. The van der Waals surface area contributed by atoms with E-state index in [4.69, 9.17) is 5.73 Å². The molecule has 0 saturated carbocycles. The fourth-order valence-electron chi connectivity index (χ4n) is 2.63. The van der Waals surface area contributed by atoms with Crippen molar-refractivity contribution in [2.24, 2.45) is 5.73 Å². The van der Waals surface area contributed by atoms with E-state index in [1.165, 1.54) is 4.68 Å². The van der Waals surface area contributed by atoms with Crippen molar-refractivity contribution in [2.45, 2.75) is 38.3 Å². The van der Waals surface area contributed by atoms with Gasteiger partial charge in [0.05, 0.1) is 11.8 Å². The fourth-order valence-corrected chi connectivity index (χ4v) is 2.63. The average Bonchev–Trinajstić information content (AvgIpc) is 2.96. The van der Waals surface area contributed by atoms with Crippen LogP contribution in [0, 0.1) is 0 Å². The molecule has 2 atom stereocenters. The van der Waals surface area contributed by atoms with Gasteiger partial charge in [0, 0.05) is 32.4 Å². The third-order valence-corrected chi connectivity index (χ3v) is 3.87. The van der Waals surface area contributed by atoms with Crippen LogP contribution in [0.1, 0.15) is 31.5 Å². The largest absolute Gasteiger partial charge is 0.391 e. The predicted octanol–water partition coefficient (Wildman–Crippen LogP) is -0.665. The van der Waals surface area contributed by atoms with Crippen molar-refractivity contribution in [3.8, 4) is 0 Å². The Morgan fingerprint density at radius 3 is 2.74 bits per heavy atom. The van der Waals surface area contributed by atoms with Crippen molar-refractivity contribution in [2.75, 3.05) is 32.7 Å². The summed E-state index contributed by atoms with van der Waals surface area (Å²) in [4.78, 5) is 14.4. The van der Waals surface area contributed by atoms with Gasteiger partial charge in [0.25, 0.3) is 0 Å². The van der Waals surface area contributed by atoms with Crippen molar-refractivity contribution in [1.29, 1.82) is 0 Å². The average molecular weight is 347 g/mol. The molecule has 1 aliphatic rings. The standard InChI is InChI=1S/C14H26N6O2.ClH/c1-11(21)13(14(22)19-8-6-16-7-9-19)20-10-12(17-18-20)4-2-3-5-15;/h10-11,13,16,21H,2-9,15H2,1H3;1H/t11?,13-;/m0./s1. The number of aryl methyl sites for hydroxylation is 1. The summed E-state index contributed by atoms with van der Waals surface area (Å²) < 4.78 is 1.49. The summed E-state index contributed by atoms with van der Waals surface area (Å²) in [5, 5.41) is 21.4. The molecule has 8 nitrogen and oxygen atoms in total. The molecule has 0 aliphatic carbocycles. The molecule has 1 amide bonds. The highest BCUT2D eigenvalue weighted by Crippen LogP contribution is 2.16. The molecule has 1 aromatic heterocycles. The molecule has 23 heavy (non-hydrogen) atoms. The van der Waals surface area contributed by atoms with Crippen LogP contribution in [0.3, 0.4) is 0 Å². The lowest BCUT2D eigenvalue weighted by atomic mass is 10.1. The van der Waals surface area contributed by atoms with Gasteiger partial charge in [-0.1, -0.05) is 5.21 Å². The summed E-state index contributed by atoms with van der Waals surface area (Å²) in [5.74, 6) is -0.102. The van der Waals surface area contributed by atoms with E-state index < -0.39 is 12.1 Å². The number of nitrogens with zero attached hydrogens (tertiary/aromatic N) is 4. The molecule has 1 fully saturated rings. The Morgan fingerprint density at radius 1 is 1.43 bits per heavy atom. The highest BCUT2D eigenvalue weighted by atomic mass is 35.5. The van der Waals surface area contributed by atoms with Gasteiger partial charge in [0.2, 0.25) is 5.91 Å². The molecule has 4 N–H and O–H groups in total. The topological polar surface area (TPSA) is 109 Å². The fraction of sp³-hybridized carbons (Fsp3) is 0.786. The Morgan fingerprint density at radius 2 is 2.13 bits per heavy atom. The van der Waals surface area contributed by atoms with Gasteiger partial charge >= 0.3 is 0 Å². The number of hydrogen-bond donors (Lipinski definition) is 3. The van der Waals surface area contributed by atoms with Crippen LogP contribution in [-0.4, -0.2) is 69.7 Å². The molecule has 9 heteroatoms. The van der Waals surface area contributed by atoms with Gasteiger partial charge in [0.15, 0.2) is 6.04 Å².